The fraction of sp³-hybridized carbons (Fsp3) is 0.0556. The van der Waals surface area contributed by atoms with Crippen molar-refractivity contribution in [3.05, 3.63) is 69.8 Å². The molecule has 0 bridgehead atoms. The van der Waals surface area contributed by atoms with Crippen LogP contribution in [0.5, 0.6) is 11.5 Å². The summed E-state index contributed by atoms with van der Waals surface area (Å²) in [5, 5.41) is 1.92. The van der Waals surface area contributed by atoms with E-state index in [9.17, 15) is 4.79 Å². The number of ether oxygens (including phenoxy) is 2. The van der Waals surface area contributed by atoms with E-state index < -0.39 is 6.09 Å². The molecule has 3 aromatic rings. The van der Waals surface area contributed by atoms with Crippen molar-refractivity contribution in [2.45, 2.75) is 6.61 Å². The fourth-order valence-corrected chi connectivity index (χ4v) is 3.06. The maximum Gasteiger partial charge on any atom is 0.410 e. The summed E-state index contributed by atoms with van der Waals surface area (Å²) in [6, 6.07) is 19.4. The molecule has 0 fully saturated rings. The molecule has 0 saturated carbocycles. The highest BCUT2D eigenvalue weighted by atomic mass is 127. The molecule has 5 heteroatoms. The van der Waals surface area contributed by atoms with Crippen LogP contribution >= 0.6 is 22.6 Å². The third-order valence-electron chi connectivity index (χ3n) is 3.36. The molecule has 3 rings (SSSR count). The SMILES string of the molecule is NC(=O)Oc1cc(OCc2ccccc2)c2ccccc2c1I. The molecule has 0 radical (unpaired) electrons. The second kappa shape index (κ2) is 6.87. The first kappa shape index (κ1) is 15.6. The van der Waals surface area contributed by atoms with E-state index in [0.29, 0.717) is 18.1 Å². The highest BCUT2D eigenvalue weighted by Crippen LogP contribution is 2.37. The first-order chi connectivity index (χ1) is 11.1. The van der Waals surface area contributed by atoms with Gasteiger partial charge in [0.05, 0.1) is 3.57 Å². The molecule has 0 saturated heterocycles. The minimum Gasteiger partial charge on any atom is -0.488 e. The molecule has 0 aromatic heterocycles. The van der Waals surface area contributed by atoms with Gasteiger partial charge in [0.15, 0.2) is 0 Å². The monoisotopic (exact) mass is 419 g/mol. The van der Waals surface area contributed by atoms with Gasteiger partial charge in [0, 0.05) is 16.8 Å². The number of carbonyl (C=O) groups is 1. The number of nitrogens with two attached hydrogens (primary N) is 1. The molecule has 1 amide bonds. The van der Waals surface area contributed by atoms with Gasteiger partial charge in [0.1, 0.15) is 18.1 Å². The van der Waals surface area contributed by atoms with E-state index in [1.54, 1.807) is 6.07 Å². The van der Waals surface area contributed by atoms with Crippen LogP contribution in [0.4, 0.5) is 4.79 Å². The van der Waals surface area contributed by atoms with Crippen LogP contribution in [0.3, 0.4) is 0 Å². The lowest BCUT2D eigenvalue weighted by molar-refractivity contribution is 0.210. The molecule has 0 spiro atoms. The zero-order valence-electron chi connectivity index (χ0n) is 12.2. The van der Waals surface area contributed by atoms with E-state index in [1.165, 1.54) is 0 Å². The molecule has 23 heavy (non-hydrogen) atoms. The van der Waals surface area contributed by atoms with Crippen LogP contribution < -0.4 is 15.2 Å². The van der Waals surface area contributed by atoms with Gasteiger partial charge in [0.25, 0.3) is 0 Å². The third kappa shape index (κ3) is 3.56. The standard InChI is InChI=1S/C18H14INO3/c19-17-14-9-5-4-8-13(14)15(10-16(17)23-18(20)21)22-11-12-6-2-1-3-7-12/h1-10H,11H2,(H2,20,21). The number of fused-ring (bicyclic) bond motifs is 1. The zero-order chi connectivity index (χ0) is 16.2. The van der Waals surface area contributed by atoms with Crippen molar-refractivity contribution in [2.75, 3.05) is 0 Å². The van der Waals surface area contributed by atoms with Crippen LogP contribution in [0, 0.1) is 3.57 Å². The van der Waals surface area contributed by atoms with Crippen molar-refractivity contribution in [2.24, 2.45) is 5.73 Å². The van der Waals surface area contributed by atoms with Crippen LogP contribution in [0.15, 0.2) is 60.7 Å². The second-order valence-corrected chi connectivity index (χ2v) is 6.01. The van der Waals surface area contributed by atoms with Gasteiger partial charge in [-0.2, -0.15) is 0 Å². The maximum absolute atomic E-state index is 11.1. The first-order valence-electron chi connectivity index (χ1n) is 7.00. The molecule has 0 heterocycles. The zero-order valence-corrected chi connectivity index (χ0v) is 14.3. The van der Waals surface area contributed by atoms with E-state index in [4.69, 9.17) is 15.2 Å². The van der Waals surface area contributed by atoms with Crippen LogP contribution in [-0.2, 0) is 6.61 Å². The van der Waals surface area contributed by atoms with E-state index in [-0.39, 0.29) is 0 Å². The molecule has 4 nitrogen and oxygen atoms in total. The molecule has 2 N–H and O–H groups in total. The number of rotatable bonds is 4. The number of benzene rings is 3. The Morgan fingerprint density at radius 1 is 0.957 bits per heavy atom. The topological polar surface area (TPSA) is 61.6 Å². The van der Waals surface area contributed by atoms with E-state index in [2.05, 4.69) is 22.6 Å². The normalized spacial score (nSPS) is 10.5. The summed E-state index contributed by atoms with van der Waals surface area (Å²) in [7, 11) is 0. The predicted molar refractivity (Wildman–Crippen MR) is 97.7 cm³/mol. The largest absolute Gasteiger partial charge is 0.488 e. The highest BCUT2D eigenvalue weighted by Gasteiger charge is 2.14. The summed E-state index contributed by atoms with van der Waals surface area (Å²) in [6.07, 6.45) is -0.841. The molecule has 0 unspecified atom stereocenters. The fourth-order valence-electron chi connectivity index (χ4n) is 2.32. The average molecular weight is 419 g/mol. The Labute approximate surface area is 147 Å². The van der Waals surface area contributed by atoms with Gasteiger partial charge in [0.2, 0.25) is 0 Å². The maximum atomic E-state index is 11.1. The Hall–Kier alpha value is -2.28. The van der Waals surface area contributed by atoms with Gasteiger partial charge in [-0.25, -0.2) is 4.79 Å². The van der Waals surface area contributed by atoms with E-state index >= 15 is 0 Å². The average Bonchev–Trinajstić information content (AvgIpc) is 2.57. The molecular formula is C18H14INO3. The van der Waals surface area contributed by atoms with Gasteiger partial charge in [-0.05, 0) is 28.2 Å². The summed E-state index contributed by atoms with van der Waals surface area (Å²) in [4.78, 5) is 11.1. The number of halogens is 1. The molecule has 0 aliphatic heterocycles. The van der Waals surface area contributed by atoms with Crippen molar-refractivity contribution in [1.82, 2.24) is 0 Å². The Morgan fingerprint density at radius 2 is 1.61 bits per heavy atom. The quantitative estimate of drug-likeness (QED) is 0.635. The van der Waals surface area contributed by atoms with Gasteiger partial charge in [-0.1, -0.05) is 54.6 Å². The van der Waals surface area contributed by atoms with Crippen LogP contribution in [-0.4, -0.2) is 6.09 Å². The van der Waals surface area contributed by atoms with Gasteiger partial charge >= 0.3 is 6.09 Å². The van der Waals surface area contributed by atoms with Crippen molar-refractivity contribution < 1.29 is 14.3 Å². The summed E-state index contributed by atoms with van der Waals surface area (Å²) in [5.74, 6) is 1.06. The Bertz CT molecular complexity index is 850. The number of hydrogen-bond donors (Lipinski definition) is 1. The lowest BCUT2D eigenvalue weighted by atomic mass is 10.1. The van der Waals surface area contributed by atoms with Crippen molar-refractivity contribution in [3.8, 4) is 11.5 Å². The van der Waals surface area contributed by atoms with Gasteiger partial charge in [-0.15, -0.1) is 0 Å². The lowest BCUT2D eigenvalue weighted by Gasteiger charge is -2.13. The van der Waals surface area contributed by atoms with Crippen LogP contribution in [0.1, 0.15) is 5.56 Å². The summed E-state index contributed by atoms with van der Waals surface area (Å²) >= 11 is 2.14. The Balaban J connectivity index is 2.00. The Morgan fingerprint density at radius 3 is 2.30 bits per heavy atom. The highest BCUT2D eigenvalue weighted by molar-refractivity contribution is 14.1. The lowest BCUT2D eigenvalue weighted by Crippen LogP contribution is -2.17. The number of carbonyl (C=O) groups excluding carboxylic acids is 1. The molecule has 0 aliphatic carbocycles. The number of primary amides is 1. The number of hydrogen-bond acceptors (Lipinski definition) is 3. The minimum atomic E-state index is -0.841. The summed E-state index contributed by atoms with van der Waals surface area (Å²) < 4.78 is 11.9. The smallest absolute Gasteiger partial charge is 0.410 e. The van der Waals surface area contributed by atoms with Crippen molar-refractivity contribution in [3.63, 3.8) is 0 Å². The number of amides is 1. The molecular weight excluding hydrogens is 405 g/mol. The van der Waals surface area contributed by atoms with Crippen LogP contribution in [0.2, 0.25) is 0 Å². The molecule has 0 aliphatic rings. The molecule has 116 valence electrons. The van der Waals surface area contributed by atoms with E-state index in [1.807, 2.05) is 54.6 Å². The predicted octanol–water partition coefficient (Wildman–Crippen LogP) is 4.48. The Kier molecular flexibility index (Phi) is 4.66. The van der Waals surface area contributed by atoms with Gasteiger partial charge < -0.3 is 15.2 Å². The van der Waals surface area contributed by atoms with Crippen LogP contribution in [0.25, 0.3) is 10.8 Å². The second-order valence-electron chi connectivity index (χ2n) is 4.93. The first-order valence-corrected chi connectivity index (χ1v) is 8.08. The van der Waals surface area contributed by atoms with Crippen molar-refractivity contribution >= 4 is 39.5 Å². The third-order valence-corrected chi connectivity index (χ3v) is 4.47. The van der Waals surface area contributed by atoms with E-state index in [0.717, 1.165) is 19.9 Å². The minimum absolute atomic E-state index is 0.403. The molecule has 0 atom stereocenters. The van der Waals surface area contributed by atoms with Crippen molar-refractivity contribution in [1.29, 1.82) is 0 Å². The van der Waals surface area contributed by atoms with Gasteiger partial charge in [-0.3, -0.25) is 0 Å². The molecule has 3 aromatic carbocycles. The summed E-state index contributed by atoms with van der Waals surface area (Å²) in [5.41, 5.74) is 6.21. The summed E-state index contributed by atoms with van der Waals surface area (Å²) in [6.45, 7) is 0.432.